The van der Waals surface area contributed by atoms with Gasteiger partial charge in [-0.1, -0.05) is 19.3 Å². The Morgan fingerprint density at radius 3 is 2.65 bits per heavy atom. The van der Waals surface area contributed by atoms with Crippen molar-refractivity contribution in [2.45, 2.75) is 64.7 Å². The van der Waals surface area contributed by atoms with Crippen molar-refractivity contribution >= 4 is 23.2 Å². The number of nitrogens with one attached hydrogen (secondary N) is 3. The fourth-order valence-electron chi connectivity index (χ4n) is 3.96. The Kier molecular flexibility index (Phi) is 5.36. The Hall–Kier alpha value is -1.36. The number of hydrogen-bond acceptors (Lipinski definition) is 3. The van der Waals surface area contributed by atoms with Crippen LogP contribution in [0.5, 0.6) is 0 Å². The normalized spacial score (nSPS) is 22.3. The van der Waals surface area contributed by atoms with E-state index in [1.54, 1.807) is 0 Å². The summed E-state index contributed by atoms with van der Waals surface area (Å²) in [7, 11) is 0. The van der Waals surface area contributed by atoms with E-state index in [0.29, 0.717) is 5.11 Å². The summed E-state index contributed by atoms with van der Waals surface area (Å²) in [4.78, 5) is 12.3. The molecule has 0 bridgehead atoms. The molecule has 0 unspecified atom stereocenters. The van der Waals surface area contributed by atoms with Gasteiger partial charge in [-0.3, -0.25) is 4.79 Å². The SMILES string of the molecule is CC1=C(NC(=S)NC(=O)C2CCCCC2)NCC2=C1CCCC2. The van der Waals surface area contributed by atoms with Crippen molar-refractivity contribution in [3.8, 4) is 0 Å². The molecule has 1 saturated carbocycles. The number of carbonyl (C=O) groups excluding carboxylic acids is 1. The number of carbonyl (C=O) groups is 1. The molecule has 1 aliphatic heterocycles. The maximum atomic E-state index is 12.3. The first-order valence-electron chi connectivity index (χ1n) is 8.93. The van der Waals surface area contributed by atoms with Crippen molar-refractivity contribution < 1.29 is 4.79 Å². The Bertz CT molecular complexity index is 559. The number of hydrogen-bond donors (Lipinski definition) is 3. The van der Waals surface area contributed by atoms with Gasteiger partial charge in [0, 0.05) is 12.5 Å². The van der Waals surface area contributed by atoms with Crippen LogP contribution >= 0.6 is 12.2 Å². The minimum atomic E-state index is 0.0776. The van der Waals surface area contributed by atoms with Crippen LogP contribution in [0.2, 0.25) is 0 Å². The van der Waals surface area contributed by atoms with Gasteiger partial charge in [0.1, 0.15) is 5.82 Å². The summed E-state index contributed by atoms with van der Waals surface area (Å²) in [5.74, 6) is 1.17. The number of amides is 1. The Balaban J connectivity index is 1.59. The molecule has 0 atom stereocenters. The lowest BCUT2D eigenvalue weighted by Gasteiger charge is -2.30. The third-order valence-electron chi connectivity index (χ3n) is 5.34. The third kappa shape index (κ3) is 3.94. The Labute approximate surface area is 144 Å². The van der Waals surface area contributed by atoms with Crippen molar-refractivity contribution in [2.75, 3.05) is 6.54 Å². The van der Waals surface area contributed by atoms with Crippen molar-refractivity contribution in [1.29, 1.82) is 0 Å². The van der Waals surface area contributed by atoms with E-state index in [-0.39, 0.29) is 11.8 Å². The highest BCUT2D eigenvalue weighted by Crippen LogP contribution is 2.32. The van der Waals surface area contributed by atoms with Gasteiger partial charge in [0.15, 0.2) is 5.11 Å². The second-order valence-corrected chi connectivity index (χ2v) is 7.33. The minimum absolute atomic E-state index is 0.0776. The molecule has 23 heavy (non-hydrogen) atoms. The lowest BCUT2D eigenvalue weighted by Crippen LogP contribution is -2.45. The second-order valence-electron chi connectivity index (χ2n) is 6.92. The van der Waals surface area contributed by atoms with E-state index in [0.717, 1.165) is 44.5 Å². The van der Waals surface area contributed by atoms with Crippen LogP contribution in [0.4, 0.5) is 0 Å². The standard InChI is InChI=1S/C18H27N3OS/c1-12-15-10-6-5-9-14(15)11-19-16(12)20-18(23)21-17(22)13-7-3-2-4-8-13/h13,19H,2-11H2,1H3,(H2,20,21,22,23). The van der Waals surface area contributed by atoms with Gasteiger partial charge in [-0.05, 0) is 74.4 Å². The summed E-state index contributed by atoms with van der Waals surface area (Å²) >= 11 is 5.35. The number of allylic oxidation sites excluding steroid dienone is 2. The maximum absolute atomic E-state index is 12.3. The maximum Gasteiger partial charge on any atom is 0.229 e. The van der Waals surface area contributed by atoms with Crippen LogP contribution in [0.1, 0.15) is 64.7 Å². The largest absolute Gasteiger partial charge is 0.368 e. The average Bonchev–Trinajstić information content (AvgIpc) is 2.58. The van der Waals surface area contributed by atoms with Crippen LogP contribution in [0.15, 0.2) is 22.5 Å². The van der Waals surface area contributed by atoms with Crippen LogP contribution in [-0.2, 0) is 4.79 Å². The predicted octanol–water partition coefficient (Wildman–Crippen LogP) is 3.26. The molecule has 0 aromatic rings. The molecule has 1 fully saturated rings. The van der Waals surface area contributed by atoms with Crippen LogP contribution in [0.25, 0.3) is 0 Å². The van der Waals surface area contributed by atoms with Crippen molar-refractivity contribution in [3.63, 3.8) is 0 Å². The van der Waals surface area contributed by atoms with Gasteiger partial charge in [-0.25, -0.2) is 0 Å². The summed E-state index contributed by atoms with van der Waals surface area (Å²) in [6.45, 7) is 3.04. The summed E-state index contributed by atoms with van der Waals surface area (Å²) in [5.41, 5.74) is 4.27. The quantitative estimate of drug-likeness (QED) is 0.679. The summed E-state index contributed by atoms with van der Waals surface area (Å²) in [6, 6.07) is 0. The van der Waals surface area contributed by atoms with Gasteiger partial charge in [0.25, 0.3) is 0 Å². The molecule has 5 heteroatoms. The highest BCUT2D eigenvalue weighted by Gasteiger charge is 2.24. The van der Waals surface area contributed by atoms with E-state index in [4.69, 9.17) is 12.2 Å². The molecule has 0 aromatic carbocycles. The van der Waals surface area contributed by atoms with Gasteiger partial charge >= 0.3 is 0 Å². The summed E-state index contributed by atoms with van der Waals surface area (Å²) < 4.78 is 0. The first-order valence-corrected chi connectivity index (χ1v) is 9.34. The third-order valence-corrected chi connectivity index (χ3v) is 5.54. The lowest BCUT2D eigenvalue weighted by atomic mass is 9.86. The number of dihydropyridines is 1. The molecule has 0 spiro atoms. The predicted molar refractivity (Wildman–Crippen MR) is 96.6 cm³/mol. The van der Waals surface area contributed by atoms with Crippen LogP contribution in [-0.4, -0.2) is 17.6 Å². The fraction of sp³-hybridized carbons (Fsp3) is 0.667. The molecule has 0 saturated heterocycles. The van der Waals surface area contributed by atoms with Crippen LogP contribution in [0.3, 0.4) is 0 Å². The Morgan fingerprint density at radius 1 is 1.13 bits per heavy atom. The minimum Gasteiger partial charge on any atom is -0.368 e. The van der Waals surface area contributed by atoms with Gasteiger partial charge < -0.3 is 16.0 Å². The number of thiocarbonyl (C=S) groups is 1. The van der Waals surface area contributed by atoms with Crippen LogP contribution in [0, 0.1) is 5.92 Å². The molecule has 4 nitrogen and oxygen atoms in total. The molecule has 3 N–H and O–H groups in total. The summed E-state index contributed by atoms with van der Waals surface area (Å²) in [6.07, 6.45) is 10.5. The molecule has 3 aliphatic rings. The van der Waals surface area contributed by atoms with E-state index < -0.39 is 0 Å². The van der Waals surface area contributed by atoms with Gasteiger partial charge in [0.2, 0.25) is 5.91 Å². The van der Waals surface area contributed by atoms with E-state index >= 15 is 0 Å². The molecule has 2 aliphatic carbocycles. The molecule has 1 heterocycles. The van der Waals surface area contributed by atoms with Gasteiger partial charge in [0.05, 0.1) is 0 Å². The summed E-state index contributed by atoms with van der Waals surface area (Å²) in [5, 5.41) is 9.93. The second kappa shape index (κ2) is 7.47. The highest BCUT2D eigenvalue weighted by molar-refractivity contribution is 7.80. The zero-order valence-corrected chi connectivity index (χ0v) is 14.8. The van der Waals surface area contributed by atoms with Gasteiger partial charge in [-0.15, -0.1) is 0 Å². The van der Waals surface area contributed by atoms with E-state index in [2.05, 4.69) is 22.9 Å². The smallest absolute Gasteiger partial charge is 0.229 e. The molecule has 126 valence electrons. The van der Waals surface area contributed by atoms with E-state index in [1.807, 2.05) is 0 Å². The topological polar surface area (TPSA) is 53.2 Å². The Morgan fingerprint density at radius 2 is 1.87 bits per heavy atom. The molecule has 0 radical (unpaired) electrons. The van der Waals surface area contributed by atoms with Crippen molar-refractivity contribution in [3.05, 3.63) is 22.5 Å². The zero-order chi connectivity index (χ0) is 16.2. The average molecular weight is 334 g/mol. The van der Waals surface area contributed by atoms with Crippen LogP contribution < -0.4 is 16.0 Å². The number of rotatable bonds is 2. The molecule has 3 rings (SSSR count). The molecular formula is C18H27N3OS. The monoisotopic (exact) mass is 333 g/mol. The fourth-order valence-corrected chi connectivity index (χ4v) is 4.16. The first kappa shape index (κ1) is 16.5. The molecule has 1 amide bonds. The van der Waals surface area contributed by atoms with Gasteiger partial charge in [-0.2, -0.15) is 0 Å². The van der Waals surface area contributed by atoms with Crippen molar-refractivity contribution in [1.82, 2.24) is 16.0 Å². The first-order chi connectivity index (χ1) is 11.1. The molecular weight excluding hydrogens is 306 g/mol. The van der Waals surface area contributed by atoms with E-state index in [9.17, 15) is 4.79 Å². The van der Waals surface area contributed by atoms with Crippen molar-refractivity contribution in [2.24, 2.45) is 5.92 Å². The lowest BCUT2D eigenvalue weighted by molar-refractivity contribution is -0.124. The zero-order valence-electron chi connectivity index (χ0n) is 14.0. The van der Waals surface area contributed by atoms with E-state index in [1.165, 1.54) is 42.4 Å². The molecule has 0 aromatic heterocycles. The highest BCUT2D eigenvalue weighted by atomic mass is 32.1.